The standard InChI is InChI=1S/C26H26N4O2S2/c1-2-32-22-16-10-9-15-21(22)28-24(31)23(20-13-7-4-8-14-20)33-26-30-29-25(34-26)27-18-17-19-11-5-3-6-12-19/h3-16,23H,2,17-18H2,1H3,(H,27,29)(H,28,31). The number of nitrogens with one attached hydrogen (secondary N) is 2. The molecule has 1 heterocycles. The lowest BCUT2D eigenvalue weighted by molar-refractivity contribution is -0.115. The van der Waals surface area contributed by atoms with Crippen molar-refractivity contribution >= 4 is 39.8 Å². The van der Waals surface area contributed by atoms with E-state index in [-0.39, 0.29) is 5.91 Å². The fourth-order valence-electron chi connectivity index (χ4n) is 3.34. The van der Waals surface area contributed by atoms with Crippen LogP contribution in [0.25, 0.3) is 0 Å². The van der Waals surface area contributed by atoms with Gasteiger partial charge >= 0.3 is 0 Å². The molecule has 8 heteroatoms. The molecule has 4 aromatic rings. The van der Waals surface area contributed by atoms with Crippen LogP contribution in [0.1, 0.15) is 23.3 Å². The van der Waals surface area contributed by atoms with Crippen molar-refractivity contribution in [2.45, 2.75) is 22.9 Å². The fourth-order valence-corrected chi connectivity index (χ4v) is 5.31. The smallest absolute Gasteiger partial charge is 0.242 e. The van der Waals surface area contributed by atoms with Gasteiger partial charge in [-0.1, -0.05) is 95.9 Å². The number of benzene rings is 3. The zero-order valence-electron chi connectivity index (χ0n) is 18.8. The summed E-state index contributed by atoms with van der Waals surface area (Å²) in [5.41, 5.74) is 2.81. The number of rotatable bonds is 11. The molecule has 0 radical (unpaired) electrons. The molecule has 1 atom stereocenters. The summed E-state index contributed by atoms with van der Waals surface area (Å²) in [7, 11) is 0. The van der Waals surface area contributed by atoms with E-state index in [0.717, 1.165) is 28.0 Å². The Kier molecular flexibility index (Phi) is 8.54. The third kappa shape index (κ3) is 6.59. The van der Waals surface area contributed by atoms with Gasteiger partial charge in [0.05, 0.1) is 12.3 Å². The first-order chi connectivity index (χ1) is 16.7. The first-order valence-corrected chi connectivity index (χ1v) is 12.8. The molecule has 0 aliphatic carbocycles. The predicted octanol–water partition coefficient (Wildman–Crippen LogP) is 6.06. The van der Waals surface area contributed by atoms with Crippen LogP contribution in [0.15, 0.2) is 89.3 Å². The zero-order chi connectivity index (χ0) is 23.6. The number of anilines is 2. The Hall–Kier alpha value is -3.36. The van der Waals surface area contributed by atoms with Gasteiger partial charge in [0.15, 0.2) is 4.34 Å². The van der Waals surface area contributed by atoms with E-state index in [0.29, 0.717) is 18.0 Å². The molecular weight excluding hydrogens is 464 g/mol. The van der Waals surface area contributed by atoms with Crippen molar-refractivity contribution in [2.24, 2.45) is 0 Å². The lowest BCUT2D eigenvalue weighted by Crippen LogP contribution is -2.19. The molecule has 0 aliphatic heterocycles. The SMILES string of the molecule is CCOc1ccccc1NC(=O)C(Sc1nnc(NCCc2ccccc2)s1)c1ccccc1. The minimum absolute atomic E-state index is 0.142. The molecule has 174 valence electrons. The molecular formula is C26H26N4O2S2. The molecule has 1 unspecified atom stereocenters. The minimum atomic E-state index is -0.485. The van der Waals surface area contributed by atoms with Crippen LogP contribution < -0.4 is 15.4 Å². The van der Waals surface area contributed by atoms with Crippen LogP contribution in [-0.2, 0) is 11.2 Å². The van der Waals surface area contributed by atoms with Crippen LogP contribution in [-0.4, -0.2) is 29.3 Å². The fraction of sp³-hybridized carbons (Fsp3) is 0.192. The summed E-state index contributed by atoms with van der Waals surface area (Å²) in [5.74, 6) is 0.508. The van der Waals surface area contributed by atoms with Crippen LogP contribution in [0.3, 0.4) is 0 Å². The number of thioether (sulfide) groups is 1. The highest BCUT2D eigenvalue weighted by Crippen LogP contribution is 2.39. The third-order valence-corrected chi connectivity index (χ3v) is 7.16. The second kappa shape index (κ2) is 12.2. The zero-order valence-corrected chi connectivity index (χ0v) is 20.4. The molecule has 0 saturated carbocycles. The number of nitrogens with zero attached hydrogens (tertiary/aromatic N) is 2. The number of hydrogen-bond donors (Lipinski definition) is 2. The van der Waals surface area contributed by atoms with Crippen LogP contribution in [0.5, 0.6) is 5.75 Å². The third-order valence-electron chi connectivity index (χ3n) is 4.94. The Balaban J connectivity index is 1.44. The van der Waals surface area contributed by atoms with Crippen molar-refractivity contribution in [1.82, 2.24) is 10.2 Å². The topological polar surface area (TPSA) is 76.1 Å². The summed E-state index contributed by atoms with van der Waals surface area (Å²) >= 11 is 2.84. The number of ether oxygens (including phenoxy) is 1. The maximum Gasteiger partial charge on any atom is 0.242 e. The highest BCUT2D eigenvalue weighted by Gasteiger charge is 2.25. The van der Waals surface area contributed by atoms with E-state index < -0.39 is 5.25 Å². The van der Waals surface area contributed by atoms with E-state index >= 15 is 0 Å². The lowest BCUT2D eigenvalue weighted by atomic mass is 10.1. The predicted molar refractivity (Wildman–Crippen MR) is 140 cm³/mol. The van der Waals surface area contributed by atoms with Gasteiger partial charge in [0.1, 0.15) is 11.0 Å². The summed E-state index contributed by atoms with van der Waals surface area (Å²) in [6.07, 6.45) is 0.900. The van der Waals surface area contributed by atoms with E-state index in [2.05, 4.69) is 33.0 Å². The summed E-state index contributed by atoms with van der Waals surface area (Å²) in [4.78, 5) is 13.4. The van der Waals surface area contributed by atoms with E-state index in [1.807, 2.05) is 79.7 Å². The highest BCUT2D eigenvalue weighted by molar-refractivity contribution is 8.02. The van der Waals surface area contributed by atoms with Gasteiger partial charge in [-0.05, 0) is 36.6 Å². The Labute approximate surface area is 207 Å². The highest BCUT2D eigenvalue weighted by atomic mass is 32.2. The first-order valence-electron chi connectivity index (χ1n) is 11.1. The second-order valence-corrected chi connectivity index (χ2v) is 9.69. The molecule has 1 aromatic heterocycles. The molecule has 1 amide bonds. The number of hydrogen-bond acceptors (Lipinski definition) is 7. The van der Waals surface area contributed by atoms with E-state index in [1.54, 1.807) is 0 Å². The number of aromatic nitrogens is 2. The molecule has 0 saturated heterocycles. The minimum Gasteiger partial charge on any atom is -0.492 e. The molecule has 0 spiro atoms. The van der Waals surface area contributed by atoms with Crippen LogP contribution in [0.2, 0.25) is 0 Å². The average molecular weight is 491 g/mol. The summed E-state index contributed by atoms with van der Waals surface area (Å²) in [6, 6.07) is 27.5. The Bertz CT molecular complexity index is 1190. The molecule has 34 heavy (non-hydrogen) atoms. The van der Waals surface area contributed by atoms with Gasteiger partial charge in [-0.2, -0.15) is 0 Å². The van der Waals surface area contributed by atoms with Gasteiger partial charge < -0.3 is 15.4 Å². The molecule has 6 nitrogen and oxygen atoms in total. The number of carbonyl (C=O) groups excluding carboxylic acids is 1. The van der Waals surface area contributed by atoms with Crippen molar-refractivity contribution in [3.05, 3.63) is 96.1 Å². The summed E-state index contributed by atoms with van der Waals surface area (Å²) in [5, 5.41) is 15.2. The van der Waals surface area contributed by atoms with Gasteiger partial charge in [-0.15, -0.1) is 10.2 Å². The summed E-state index contributed by atoms with van der Waals surface area (Å²) < 4.78 is 6.39. The molecule has 0 fully saturated rings. The molecule has 0 aliphatic rings. The van der Waals surface area contributed by atoms with Crippen LogP contribution >= 0.6 is 23.1 Å². The monoisotopic (exact) mass is 490 g/mol. The van der Waals surface area contributed by atoms with Gasteiger partial charge in [0.2, 0.25) is 11.0 Å². The molecule has 0 bridgehead atoms. The van der Waals surface area contributed by atoms with Crippen molar-refractivity contribution in [1.29, 1.82) is 0 Å². The molecule has 3 aromatic carbocycles. The van der Waals surface area contributed by atoms with Crippen molar-refractivity contribution < 1.29 is 9.53 Å². The normalized spacial score (nSPS) is 11.6. The van der Waals surface area contributed by atoms with Gasteiger partial charge in [-0.3, -0.25) is 4.79 Å². The van der Waals surface area contributed by atoms with Gasteiger partial charge in [0, 0.05) is 6.54 Å². The van der Waals surface area contributed by atoms with E-state index in [4.69, 9.17) is 4.74 Å². The van der Waals surface area contributed by atoms with Crippen molar-refractivity contribution in [3.8, 4) is 5.75 Å². The van der Waals surface area contributed by atoms with Crippen LogP contribution in [0.4, 0.5) is 10.8 Å². The Morgan fingerprint density at radius 3 is 2.44 bits per heavy atom. The summed E-state index contributed by atoms with van der Waals surface area (Å²) in [6.45, 7) is 3.21. The maximum absolute atomic E-state index is 13.4. The largest absolute Gasteiger partial charge is 0.492 e. The Morgan fingerprint density at radius 2 is 1.68 bits per heavy atom. The second-order valence-electron chi connectivity index (χ2n) is 7.36. The number of carbonyl (C=O) groups is 1. The van der Waals surface area contributed by atoms with E-state index in [9.17, 15) is 4.79 Å². The van der Waals surface area contributed by atoms with Crippen LogP contribution in [0, 0.1) is 0 Å². The molecule has 4 rings (SSSR count). The maximum atomic E-state index is 13.4. The average Bonchev–Trinajstić information content (AvgIpc) is 3.32. The number of amides is 1. The quantitative estimate of drug-likeness (QED) is 0.249. The van der Waals surface area contributed by atoms with E-state index in [1.165, 1.54) is 28.7 Å². The number of para-hydroxylation sites is 2. The van der Waals surface area contributed by atoms with Gasteiger partial charge in [0.25, 0.3) is 0 Å². The van der Waals surface area contributed by atoms with Crippen molar-refractivity contribution in [3.63, 3.8) is 0 Å². The molecule has 2 N–H and O–H groups in total. The Morgan fingerprint density at radius 1 is 0.971 bits per heavy atom. The lowest BCUT2D eigenvalue weighted by Gasteiger charge is -2.17. The van der Waals surface area contributed by atoms with Gasteiger partial charge in [-0.25, -0.2) is 0 Å². The first kappa shape index (κ1) is 23.8. The van der Waals surface area contributed by atoms with Crippen molar-refractivity contribution in [2.75, 3.05) is 23.8 Å².